The van der Waals surface area contributed by atoms with E-state index in [4.69, 9.17) is 0 Å². The van der Waals surface area contributed by atoms with Gasteiger partial charge in [0.1, 0.15) is 12.0 Å². The van der Waals surface area contributed by atoms with E-state index >= 15 is 0 Å². The van der Waals surface area contributed by atoms with Crippen molar-refractivity contribution in [1.82, 2.24) is 30.0 Å². The van der Waals surface area contributed by atoms with E-state index in [2.05, 4.69) is 25.4 Å². The predicted octanol–water partition coefficient (Wildman–Crippen LogP) is 0.789. The average molecular weight is 240 g/mol. The third-order valence-corrected chi connectivity index (χ3v) is 3.35. The molecule has 0 bridgehead atoms. The summed E-state index contributed by atoms with van der Waals surface area (Å²) in [5.74, 6) is 0.839. The number of hydrogen-bond donors (Lipinski definition) is 2. The molecule has 4 heterocycles. The van der Waals surface area contributed by atoms with Crippen molar-refractivity contribution in [2.75, 3.05) is 6.54 Å². The third-order valence-electron chi connectivity index (χ3n) is 3.35. The first-order valence-corrected chi connectivity index (χ1v) is 5.98. The quantitative estimate of drug-likeness (QED) is 0.659. The van der Waals surface area contributed by atoms with Gasteiger partial charge in [-0.25, -0.2) is 14.6 Å². The second-order valence-electron chi connectivity index (χ2n) is 4.39. The smallest absolute Gasteiger partial charge is 0.166 e. The molecule has 1 aliphatic heterocycles. The normalized spacial score (nSPS) is 14.9. The van der Waals surface area contributed by atoms with Crippen molar-refractivity contribution in [1.29, 1.82) is 0 Å². The molecule has 0 amide bonds. The summed E-state index contributed by atoms with van der Waals surface area (Å²) in [6.07, 6.45) is 6.41. The molecule has 3 aromatic heterocycles. The molecule has 3 aromatic rings. The zero-order valence-corrected chi connectivity index (χ0v) is 9.72. The van der Waals surface area contributed by atoms with Crippen LogP contribution in [0.4, 0.5) is 0 Å². The van der Waals surface area contributed by atoms with Crippen LogP contribution in [-0.4, -0.2) is 31.3 Å². The standard InChI is InChI=1S/C12H12N6/c1-3-13-6-10-8(1)5-17-18(10)12-9-2-4-14-11(9)15-7-16-12/h2,4-5,7,13H,1,3,6H2,(H,14,15,16). The maximum absolute atomic E-state index is 4.47. The lowest BCUT2D eigenvalue weighted by Crippen LogP contribution is -2.25. The molecule has 90 valence electrons. The fourth-order valence-corrected chi connectivity index (χ4v) is 2.44. The number of fused-ring (bicyclic) bond motifs is 2. The summed E-state index contributed by atoms with van der Waals surface area (Å²) in [4.78, 5) is 11.7. The van der Waals surface area contributed by atoms with E-state index in [9.17, 15) is 0 Å². The van der Waals surface area contributed by atoms with Crippen LogP contribution in [0.1, 0.15) is 11.3 Å². The van der Waals surface area contributed by atoms with Crippen LogP contribution < -0.4 is 5.32 Å². The van der Waals surface area contributed by atoms with Crippen LogP contribution in [0.2, 0.25) is 0 Å². The summed E-state index contributed by atoms with van der Waals surface area (Å²) in [5.41, 5.74) is 3.34. The number of hydrogen-bond acceptors (Lipinski definition) is 4. The Balaban J connectivity index is 1.97. The second-order valence-corrected chi connectivity index (χ2v) is 4.39. The van der Waals surface area contributed by atoms with Gasteiger partial charge < -0.3 is 10.3 Å². The van der Waals surface area contributed by atoms with E-state index < -0.39 is 0 Å². The molecule has 0 spiro atoms. The fraction of sp³-hybridized carbons (Fsp3) is 0.250. The number of nitrogens with zero attached hydrogens (tertiary/aromatic N) is 4. The Morgan fingerprint density at radius 3 is 3.28 bits per heavy atom. The van der Waals surface area contributed by atoms with Crippen LogP contribution in [0.3, 0.4) is 0 Å². The zero-order valence-electron chi connectivity index (χ0n) is 9.72. The molecule has 0 fully saturated rings. The monoisotopic (exact) mass is 240 g/mol. The summed E-state index contributed by atoms with van der Waals surface area (Å²) in [5, 5.41) is 8.83. The summed E-state index contributed by atoms with van der Waals surface area (Å²) in [6, 6.07) is 1.98. The van der Waals surface area contributed by atoms with Gasteiger partial charge in [0.15, 0.2) is 5.82 Å². The summed E-state index contributed by atoms with van der Waals surface area (Å²) in [7, 11) is 0. The number of aromatic nitrogens is 5. The first-order valence-electron chi connectivity index (χ1n) is 5.98. The molecular formula is C12H12N6. The lowest BCUT2D eigenvalue weighted by Gasteiger charge is -2.14. The Bertz CT molecular complexity index is 710. The van der Waals surface area contributed by atoms with Gasteiger partial charge in [0.05, 0.1) is 17.3 Å². The summed E-state index contributed by atoms with van der Waals surface area (Å²) in [6.45, 7) is 1.85. The Kier molecular flexibility index (Phi) is 1.98. The van der Waals surface area contributed by atoms with Gasteiger partial charge >= 0.3 is 0 Å². The van der Waals surface area contributed by atoms with E-state index in [0.717, 1.165) is 36.4 Å². The van der Waals surface area contributed by atoms with Crippen molar-refractivity contribution in [2.24, 2.45) is 0 Å². The molecule has 6 nitrogen and oxygen atoms in total. The number of aromatic amines is 1. The fourth-order valence-electron chi connectivity index (χ4n) is 2.44. The van der Waals surface area contributed by atoms with Gasteiger partial charge in [-0.15, -0.1) is 0 Å². The van der Waals surface area contributed by atoms with E-state index in [1.54, 1.807) is 6.33 Å². The van der Waals surface area contributed by atoms with E-state index in [0.29, 0.717) is 0 Å². The minimum atomic E-state index is 0.839. The Morgan fingerprint density at radius 1 is 1.28 bits per heavy atom. The minimum Gasteiger partial charge on any atom is -0.346 e. The maximum atomic E-state index is 4.47. The molecule has 1 aliphatic rings. The van der Waals surface area contributed by atoms with Gasteiger partial charge in [-0.3, -0.25) is 0 Å². The second kappa shape index (κ2) is 3.64. The van der Waals surface area contributed by atoms with Crippen LogP contribution >= 0.6 is 0 Å². The Labute approximate surface area is 103 Å². The van der Waals surface area contributed by atoms with E-state index in [1.165, 1.54) is 11.3 Å². The van der Waals surface area contributed by atoms with E-state index in [1.807, 2.05) is 23.1 Å². The van der Waals surface area contributed by atoms with Crippen molar-refractivity contribution in [3.63, 3.8) is 0 Å². The summed E-state index contributed by atoms with van der Waals surface area (Å²) < 4.78 is 1.92. The lowest BCUT2D eigenvalue weighted by atomic mass is 10.1. The van der Waals surface area contributed by atoms with Gasteiger partial charge in [-0.05, 0) is 24.6 Å². The molecule has 0 atom stereocenters. The highest BCUT2D eigenvalue weighted by Gasteiger charge is 2.17. The number of H-pyrrole nitrogens is 1. The predicted molar refractivity (Wildman–Crippen MR) is 66.4 cm³/mol. The number of rotatable bonds is 1. The summed E-state index contributed by atoms with van der Waals surface area (Å²) >= 11 is 0. The van der Waals surface area contributed by atoms with E-state index in [-0.39, 0.29) is 0 Å². The largest absolute Gasteiger partial charge is 0.346 e. The Hall–Kier alpha value is -2.21. The van der Waals surface area contributed by atoms with Gasteiger partial charge in [-0.2, -0.15) is 5.10 Å². The molecular weight excluding hydrogens is 228 g/mol. The highest BCUT2D eigenvalue weighted by Crippen LogP contribution is 2.21. The molecule has 0 aromatic carbocycles. The molecule has 0 radical (unpaired) electrons. The molecule has 0 saturated carbocycles. The molecule has 4 rings (SSSR count). The van der Waals surface area contributed by atoms with Gasteiger partial charge in [-0.1, -0.05) is 0 Å². The van der Waals surface area contributed by atoms with Crippen LogP contribution in [0.15, 0.2) is 24.8 Å². The minimum absolute atomic E-state index is 0.839. The van der Waals surface area contributed by atoms with Crippen molar-refractivity contribution in [2.45, 2.75) is 13.0 Å². The zero-order chi connectivity index (χ0) is 11.9. The first-order chi connectivity index (χ1) is 8.93. The van der Waals surface area contributed by atoms with Crippen molar-refractivity contribution < 1.29 is 0 Å². The topological polar surface area (TPSA) is 71.4 Å². The molecule has 0 unspecified atom stereocenters. The first kappa shape index (κ1) is 9.78. The average Bonchev–Trinajstić information content (AvgIpc) is 3.05. The van der Waals surface area contributed by atoms with Gasteiger partial charge in [0.2, 0.25) is 0 Å². The third kappa shape index (κ3) is 1.29. The van der Waals surface area contributed by atoms with Gasteiger partial charge in [0, 0.05) is 12.7 Å². The number of nitrogens with one attached hydrogen (secondary N) is 2. The molecule has 0 aliphatic carbocycles. The van der Waals surface area contributed by atoms with Crippen LogP contribution in [0.25, 0.3) is 16.9 Å². The molecule has 0 saturated heterocycles. The van der Waals surface area contributed by atoms with Gasteiger partial charge in [0.25, 0.3) is 0 Å². The maximum Gasteiger partial charge on any atom is 0.166 e. The highest BCUT2D eigenvalue weighted by molar-refractivity contribution is 5.82. The van der Waals surface area contributed by atoms with Crippen LogP contribution in [-0.2, 0) is 13.0 Å². The van der Waals surface area contributed by atoms with Crippen molar-refractivity contribution >= 4 is 11.0 Å². The van der Waals surface area contributed by atoms with Crippen LogP contribution in [0.5, 0.6) is 0 Å². The SMILES string of the molecule is c1nc(-n2ncc3c2CNCC3)c2cc[nH]c2n1. The molecule has 18 heavy (non-hydrogen) atoms. The van der Waals surface area contributed by atoms with Crippen LogP contribution in [0, 0.1) is 0 Å². The Morgan fingerprint density at radius 2 is 2.28 bits per heavy atom. The highest BCUT2D eigenvalue weighted by atomic mass is 15.3. The molecule has 6 heteroatoms. The molecule has 2 N–H and O–H groups in total. The lowest BCUT2D eigenvalue weighted by molar-refractivity contribution is 0.612. The van der Waals surface area contributed by atoms with Crippen molar-refractivity contribution in [3.8, 4) is 5.82 Å². The van der Waals surface area contributed by atoms with Crippen molar-refractivity contribution in [3.05, 3.63) is 36.0 Å².